The van der Waals surface area contributed by atoms with Crippen molar-refractivity contribution in [1.29, 1.82) is 5.26 Å². The van der Waals surface area contributed by atoms with Gasteiger partial charge >= 0.3 is 0 Å². The zero-order valence-electron chi connectivity index (χ0n) is 15.9. The Morgan fingerprint density at radius 2 is 1.96 bits per heavy atom. The van der Waals surface area contributed by atoms with E-state index in [9.17, 15) is 10.1 Å². The van der Waals surface area contributed by atoms with Gasteiger partial charge in [0.1, 0.15) is 5.54 Å². The largest absolute Gasteiger partial charge is 0.336 e. The first-order valence-electron chi connectivity index (χ1n) is 10.3. The number of carbonyl (C=O) groups excluding carboxylic acids is 1. The molecule has 1 saturated carbocycles. The van der Waals surface area contributed by atoms with Crippen molar-refractivity contribution >= 4 is 5.91 Å². The summed E-state index contributed by atoms with van der Waals surface area (Å²) in [5.41, 5.74) is 5.44. The van der Waals surface area contributed by atoms with Crippen molar-refractivity contribution < 1.29 is 4.79 Å². The average molecular weight is 349 g/mol. The number of nitrogens with one attached hydrogen (secondary N) is 1. The summed E-state index contributed by atoms with van der Waals surface area (Å²) >= 11 is 0. The minimum Gasteiger partial charge on any atom is -0.336 e. The monoisotopic (exact) mass is 348 g/mol. The standard InChI is InChI=1S/C20H36N4O/c1-2-3-7-12-24-13-10-20(16-21,11-14-24)23-19(25)18(22)15-17-8-5-4-6-9-17/h17-18H,2-15,22H2,1H3,(H,23,25). The highest BCUT2D eigenvalue weighted by Gasteiger charge is 2.37. The van der Waals surface area contributed by atoms with Crippen molar-refractivity contribution in [3.05, 3.63) is 0 Å². The maximum Gasteiger partial charge on any atom is 0.238 e. The molecule has 1 unspecified atom stereocenters. The third-order valence-electron chi connectivity index (χ3n) is 6.01. The molecule has 0 aromatic rings. The number of unbranched alkanes of at least 4 members (excludes halogenated alkanes) is 2. The molecule has 3 N–H and O–H groups in total. The van der Waals surface area contributed by atoms with Crippen LogP contribution in [0.1, 0.15) is 77.6 Å². The van der Waals surface area contributed by atoms with E-state index in [0.29, 0.717) is 18.8 Å². The first-order valence-corrected chi connectivity index (χ1v) is 10.3. The predicted molar refractivity (Wildman–Crippen MR) is 101 cm³/mol. The van der Waals surface area contributed by atoms with Crippen molar-refractivity contribution in [2.24, 2.45) is 11.7 Å². The van der Waals surface area contributed by atoms with Crippen molar-refractivity contribution in [3.8, 4) is 6.07 Å². The summed E-state index contributed by atoms with van der Waals surface area (Å²) in [5, 5.41) is 12.7. The van der Waals surface area contributed by atoms with Crippen LogP contribution in [0.3, 0.4) is 0 Å². The number of likely N-dealkylation sites (tertiary alicyclic amines) is 1. The van der Waals surface area contributed by atoms with Crippen LogP contribution in [-0.4, -0.2) is 42.0 Å². The number of piperidine rings is 1. The van der Waals surface area contributed by atoms with Gasteiger partial charge in [0, 0.05) is 13.1 Å². The molecular weight excluding hydrogens is 312 g/mol. The highest BCUT2D eigenvalue weighted by atomic mass is 16.2. The lowest BCUT2D eigenvalue weighted by molar-refractivity contribution is -0.124. The summed E-state index contributed by atoms with van der Waals surface area (Å²) in [6, 6.07) is 1.90. The second kappa shape index (κ2) is 10.1. The molecule has 1 heterocycles. The van der Waals surface area contributed by atoms with Crippen molar-refractivity contribution in [3.63, 3.8) is 0 Å². The van der Waals surface area contributed by atoms with Gasteiger partial charge in [-0.2, -0.15) is 5.26 Å². The van der Waals surface area contributed by atoms with Gasteiger partial charge in [0.25, 0.3) is 0 Å². The fourth-order valence-electron chi connectivity index (χ4n) is 4.23. The van der Waals surface area contributed by atoms with Gasteiger partial charge in [-0.15, -0.1) is 0 Å². The third kappa shape index (κ3) is 6.27. The van der Waals surface area contributed by atoms with Gasteiger partial charge in [0.05, 0.1) is 12.1 Å². The number of rotatable bonds is 8. The number of nitriles is 1. The molecule has 2 fully saturated rings. The van der Waals surface area contributed by atoms with Gasteiger partial charge < -0.3 is 16.0 Å². The molecule has 1 aliphatic carbocycles. The first-order chi connectivity index (χ1) is 12.1. The van der Waals surface area contributed by atoms with E-state index in [1.54, 1.807) is 0 Å². The van der Waals surface area contributed by atoms with E-state index in [4.69, 9.17) is 5.73 Å². The molecular formula is C20H36N4O. The van der Waals surface area contributed by atoms with Crippen LogP contribution in [0, 0.1) is 17.2 Å². The first kappa shape index (κ1) is 20.2. The van der Waals surface area contributed by atoms with E-state index >= 15 is 0 Å². The molecule has 2 rings (SSSR count). The molecule has 142 valence electrons. The predicted octanol–water partition coefficient (Wildman–Crippen LogP) is 2.95. The van der Waals surface area contributed by atoms with Gasteiger partial charge in [-0.1, -0.05) is 51.9 Å². The summed E-state index contributed by atoms with van der Waals surface area (Å²) < 4.78 is 0. The summed E-state index contributed by atoms with van der Waals surface area (Å²) in [5.74, 6) is 0.444. The molecule has 0 aromatic heterocycles. The van der Waals surface area contributed by atoms with Crippen LogP contribution in [0.2, 0.25) is 0 Å². The lowest BCUT2D eigenvalue weighted by atomic mass is 9.84. The zero-order chi connectivity index (χ0) is 18.1. The minimum atomic E-state index is -0.720. The SMILES string of the molecule is CCCCCN1CCC(C#N)(NC(=O)C(N)CC2CCCCC2)CC1. The molecule has 25 heavy (non-hydrogen) atoms. The fourth-order valence-corrected chi connectivity index (χ4v) is 4.23. The lowest BCUT2D eigenvalue weighted by Gasteiger charge is -2.38. The summed E-state index contributed by atoms with van der Waals surface area (Å²) in [4.78, 5) is 15.0. The number of carbonyl (C=O) groups is 1. The van der Waals surface area contributed by atoms with Crippen LogP contribution in [0.25, 0.3) is 0 Å². The van der Waals surface area contributed by atoms with Gasteiger partial charge in [-0.3, -0.25) is 4.79 Å². The molecule has 5 heteroatoms. The van der Waals surface area contributed by atoms with E-state index < -0.39 is 11.6 Å². The quantitative estimate of drug-likeness (QED) is 0.661. The Labute approximate surface area is 153 Å². The van der Waals surface area contributed by atoms with Gasteiger partial charge in [0.15, 0.2) is 0 Å². The van der Waals surface area contributed by atoms with Crippen molar-refractivity contribution in [2.75, 3.05) is 19.6 Å². The molecule has 1 aliphatic heterocycles. The van der Waals surface area contributed by atoms with Gasteiger partial charge in [0.2, 0.25) is 5.91 Å². The number of amides is 1. The minimum absolute atomic E-state index is 0.133. The molecule has 0 spiro atoms. The Bertz CT molecular complexity index is 445. The number of nitrogens with zero attached hydrogens (tertiary/aromatic N) is 2. The Hall–Kier alpha value is -1.12. The molecule has 5 nitrogen and oxygen atoms in total. The molecule has 0 bridgehead atoms. The van der Waals surface area contributed by atoms with Crippen LogP contribution in [0.15, 0.2) is 0 Å². The number of hydrogen-bond acceptors (Lipinski definition) is 4. The van der Waals surface area contributed by atoms with Crippen LogP contribution in [-0.2, 0) is 4.79 Å². The van der Waals surface area contributed by atoms with E-state index in [1.165, 1.54) is 51.4 Å². The summed E-state index contributed by atoms with van der Waals surface area (Å²) in [7, 11) is 0. The van der Waals surface area contributed by atoms with Crippen molar-refractivity contribution in [2.45, 2.75) is 89.1 Å². The van der Waals surface area contributed by atoms with E-state index in [2.05, 4.69) is 23.2 Å². The summed E-state index contributed by atoms with van der Waals surface area (Å²) in [6.07, 6.45) is 12.1. The topological polar surface area (TPSA) is 82.2 Å². The van der Waals surface area contributed by atoms with Crippen LogP contribution in [0.5, 0.6) is 0 Å². The smallest absolute Gasteiger partial charge is 0.238 e. The number of nitrogens with two attached hydrogens (primary N) is 1. The summed E-state index contributed by atoms with van der Waals surface area (Å²) in [6.45, 7) is 5.08. The molecule has 2 aliphatic rings. The highest BCUT2D eigenvalue weighted by Crippen LogP contribution is 2.27. The molecule has 1 atom stereocenters. The van der Waals surface area contributed by atoms with E-state index in [-0.39, 0.29) is 5.91 Å². The number of hydrogen-bond donors (Lipinski definition) is 2. The van der Waals surface area contributed by atoms with Crippen molar-refractivity contribution in [1.82, 2.24) is 10.2 Å². The van der Waals surface area contributed by atoms with Crippen LogP contribution < -0.4 is 11.1 Å². The van der Waals surface area contributed by atoms with E-state index in [1.807, 2.05) is 0 Å². The Morgan fingerprint density at radius 1 is 1.28 bits per heavy atom. The third-order valence-corrected chi connectivity index (χ3v) is 6.01. The fraction of sp³-hybridized carbons (Fsp3) is 0.900. The van der Waals surface area contributed by atoms with Crippen LogP contribution in [0.4, 0.5) is 0 Å². The van der Waals surface area contributed by atoms with Gasteiger partial charge in [-0.25, -0.2) is 0 Å². The Kier molecular flexibility index (Phi) is 8.18. The second-order valence-electron chi connectivity index (χ2n) is 8.08. The maximum atomic E-state index is 12.5. The zero-order valence-corrected chi connectivity index (χ0v) is 15.9. The molecule has 0 aromatic carbocycles. The van der Waals surface area contributed by atoms with Gasteiger partial charge in [-0.05, 0) is 38.1 Å². The molecule has 1 amide bonds. The normalized spacial score (nSPS) is 22.9. The highest BCUT2D eigenvalue weighted by molar-refractivity contribution is 5.82. The maximum absolute atomic E-state index is 12.5. The average Bonchev–Trinajstić information content (AvgIpc) is 2.64. The Morgan fingerprint density at radius 3 is 2.56 bits per heavy atom. The van der Waals surface area contributed by atoms with E-state index in [0.717, 1.165) is 26.1 Å². The Balaban J connectivity index is 1.78. The lowest BCUT2D eigenvalue weighted by Crippen LogP contribution is -2.58. The molecule has 1 saturated heterocycles. The second-order valence-corrected chi connectivity index (χ2v) is 8.08. The van der Waals surface area contributed by atoms with Crippen LogP contribution >= 0.6 is 0 Å². The molecule has 0 radical (unpaired) electrons.